The van der Waals surface area contributed by atoms with Crippen LogP contribution in [0.3, 0.4) is 0 Å². The van der Waals surface area contributed by atoms with Gasteiger partial charge in [0.15, 0.2) is 0 Å². The van der Waals surface area contributed by atoms with Gasteiger partial charge in [0.25, 0.3) is 0 Å². The molecular weight excluding hydrogens is 378 g/mol. The largest absolute Gasteiger partial charge is 0.361 e. The standard InChI is InChI=1S/C20H25N3O4S/c1-15-14-18(21-27-15)19-6-3-2-4-13-23(19)28(25,26)17-10-8-16(9-11-17)22-12-5-7-20(22)24/h8-11,14,19H,2-7,12-13H2,1H3/t19-/m1/s1. The molecule has 2 aromatic rings. The smallest absolute Gasteiger partial charge is 0.243 e. The van der Waals surface area contributed by atoms with Gasteiger partial charge in [-0.05, 0) is 50.5 Å². The van der Waals surface area contributed by atoms with E-state index in [0.29, 0.717) is 31.0 Å². The summed E-state index contributed by atoms with van der Waals surface area (Å²) < 4.78 is 33.6. The van der Waals surface area contributed by atoms with Gasteiger partial charge in [0.05, 0.1) is 10.9 Å². The summed E-state index contributed by atoms with van der Waals surface area (Å²) in [6.07, 6.45) is 4.89. The molecule has 0 spiro atoms. The summed E-state index contributed by atoms with van der Waals surface area (Å²) >= 11 is 0. The van der Waals surface area contributed by atoms with E-state index in [0.717, 1.165) is 37.8 Å². The third-order valence-corrected chi connectivity index (χ3v) is 7.44. The van der Waals surface area contributed by atoms with Crippen LogP contribution in [0.15, 0.2) is 39.8 Å². The van der Waals surface area contributed by atoms with E-state index in [9.17, 15) is 13.2 Å². The van der Waals surface area contributed by atoms with Crippen LogP contribution in [0, 0.1) is 6.92 Å². The Kier molecular flexibility index (Phi) is 5.25. The van der Waals surface area contributed by atoms with E-state index in [4.69, 9.17) is 4.52 Å². The lowest BCUT2D eigenvalue weighted by Gasteiger charge is -2.28. The second-order valence-corrected chi connectivity index (χ2v) is 9.38. The Morgan fingerprint density at radius 3 is 2.50 bits per heavy atom. The van der Waals surface area contributed by atoms with Gasteiger partial charge in [-0.15, -0.1) is 0 Å². The maximum absolute atomic E-state index is 13.4. The summed E-state index contributed by atoms with van der Waals surface area (Å²) in [7, 11) is -3.68. The molecule has 7 nitrogen and oxygen atoms in total. The van der Waals surface area contributed by atoms with Crippen LogP contribution >= 0.6 is 0 Å². The van der Waals surface area contributed by atoms with Crippen molar-refractivity contribution in [3.63, 3.8) is 0 Å². The molecule has 0 bridgehead atoms. The highest BCUT2D eigenvalue weighted by Crippen LogP contribution is 2.35. The fraction of sp³-hybridized carbons (Fsp3) is 0.500. The molecule has 1 aromatic carbocycles. The number of amides is 1. The lowest BCUT2D eigenvalue weighted by atomic mass is 10.1. The van der Waals surface area contributed by atoms with Crippen LogP contribution < -0.4 is 4.90 Å². The van der Waals surface area contributed by atoms with Crippen LogP contribution in [-0.4, -0.2) is 36.9 Å². The predicted octanol–water partition coefficient (Wildman–Crippen LogP) is 3.42. The number of aromatic nitrogens is 1. The second kappa shape index (κ2) is 7.67. The van der Waals surface area contributed by atoms with Crippen molar-refractivity contribution < 1.29 is 17.7 Å². The van der Waals surface area contributed by atoms with Gasteiger partial charge in [-0.1, -0.05) is 18.0 Å². The van der Waals surface area contributed by atoms with Crippen molar-refractivity contribution in [2.24, 2.45) is 0 Å². The summed E-state index contributed by atoms with van der Waals surface area (Å²) in [4.78, 5) is 13.9. The number of carbonyl (C=O) groups excluding carboxylic acids is 1. The Labute approximate surface area is 165 Å². The zero-order valence-electron chi connectivity index (χ0n) is 16.0. The summed E-state index contributed by atoms with van der Waals surface area (Å²) in [5.74, 6) is 0.765. The highest BCUT2D eigenvalue weighted by molar-refractivity contribution is 7.89. The third-order valence-electron chi connectivity index (χ3n) is 5.52. The normalized spacial score (nSPS) is 21.8. The van der Waals surface area contributed by atoms with Crippen molar-refractivity contribution >= 4 is 21.6 Å². The second-order valence-electron chi connectivity index (χ2n) is 7.49. The van der Waals surface area contributed by atoms with E-state index in [1.807, 2.05) is 13.0 Å². The zero-order chi connectivity index (χ0) is 19.7. The molecule has 1 amide bonds. The van der Waals surface area contributed by atoms with E-state index in [-0.39, 0.29) is 16.8 Å². The van der Waals surface area contributed by atoms with E-state index in [2.05, 4.69) is 5.16 Å². The molecule has 2 saturated heterocycles. The Balaban J connectivity index is 1.64. The Morgan fingerprint density at radius 1 is 1.07 bits per heavy atom. The van der Waals surface area contributed by atoms with Crippen LogP contribution in [0.4, 0.5) is 5.69 Å². The quantitative estimate of drug-likeness (QED) is 0.781. The maximum atomic E-state index is 13.4. The minimum atomic E-state index is -3.68. The van der Waals surface area contributed by atoms with Crippen LogP contribution in [-0.2, 0) is 14.8 Å². The number of carbonyl (C=O) groups is 1. The first kappa shape index (κ1) is 19.1. The third kappa shape index (κ3) is 3.58. The summed E-state index contributed by atoms with van der Waals surface area (Å²) in [5, 5.41) is 4.09. The van der Waals surface area contributed by atoms with Crippen molar-refractivity contribution in [1.29, 1.82) is 0 Å². The van der Waals surface area contributed by atoms with Crippen LogP contribution in [0.1, 0.15) is 56.0 Å². The molecule has 8 heteroatoms. The molecule has 1 atom stereocenters. The van der Waals surface area contributed by atoms with Crippen LogP contribution in [0.2, 0.25) is 0 Å². The monoisotopic (exact) mass is 403 g/mol. The van der Waals surface area contributed by atoms with Gasteiger partial charge in [-0.25, -0.2) is 8.42 Å². The molecule has 0 aliphatic carbocycles. The number of aryl methyl sites for hydroxylation is 1. The average Bonchev–Trinajstić information content (AvgIpc) is 3.22. The predicted molar refractivity (Wildman–Crippen MR) is 104 cm³/mol. The van der Waals surface area contributed by atoms with Gasteiger partial charge >= 0.3 is 0 Å². The number of hydrogen-bond donors (Lipinski definition) is 0. The number of anilines is 1. The van der Waals surface area contributed by atoms with Gasteiger partial charge in [-0.3, -0.25) is 4.79 Å². The minimum Gasteiger partial charge on any atom is -0.361 e. The molecule has 0 saturated carbocycles. The van der Waals surface area contributed by atoms with Gasteiger partial charge in [-0.2, -0.15) is 4.31 Å². The topological polar surface area (TPSA) is 83.7 Å². The lowest BCUT2D eigenvalue weighted by molar-refractivity contribution is -0.117. The van der Waals surface area contributed by atoms with Gasteiger partial charge < -0.3 is 9.42 Å². The maximum Gasteiger partial charge on any atom is 0.243 e. The summed E-state index contributed by atoms with van der Waals surface area (Å²) in [6.45, 7) is 2.96. The first-order valence-electron chi connectivity index (χ1n) is 9.82. The number of sulfonamides is 1. The number of rotatable bonds is 4. The molecule has 2 fully saturated rings. The van der Waals surface area contributed by atoms with Crippen molar-refractivity contribution in [2.45, 2.75) is 56.4 Å². The van der Waals surface area contributed by atoms with Crippen molar-refractivity contribution in [3.05, 3.63) is 41.8 Å². The molecule has 2 aliphatic rings. The molecule has 3 heterocycles. The van der Waals surface area contributed by atoms with Crippen molar-refractivity contribution in [3.8, 4) is 0 Å². The molecule has 4 rings (SSSR count). The van der Waals surface area contributed by atoms with E-state index >= 15 is 0 Å². The fourth-order valence-corrected chi connectivity index (χ4v) is 5.73. The first-order chi connectivity index (χ1) is 13.5. The molecule has 0 N–H and O–H groups in total. The van der Waals surface area contributed by atoms with Crippen molar-refractivity contribution in [1.82, 2.24) is 9.46 Å². The van der Waals surface area contributed by atoms with E-state index in [1.165, 1.54) is 0 Å². The Hall–Kier alpha value is -2.19. The average molecular weight is 404 g/mol. The number of benzene rings is 1. The molecule has 150 valence electrons. The summed E-state index contributed by atoms with van der Waals surface area (Å²) in [6, 6.07) is 8.16. The van der Waals surface area contributed by atoms with Crippen LogP contribution in [0.25, 0.3) is 0 Å². The molecular formula is C20H25N3O4S. The fourth-order valence-electron chi connectivity index (χ4n) is 4.06. The zero-order valence-corrected chi connectivity index (χ0v) is 16.8. The SMILES string of the molecule is Cc1cc([C@H]2CCCCCN2S(=O)(=O)c2ccc(N3CCCC3=O)cc2)no1. The first-order valence-corrected chi connectivity index (χ1v) is 11.3. The molecule has 0 radical (unpaired) electrons. The highest BCUT2D eigenvalue weighted by atomic mass is 32.2. The minimum absolute atomic E-state index is 0.0876. The van der Waals surface area contributed by atoms with Crippen molar-refractivity contribution in [2.75, 3.05) is 18.0 Å². The molecule has 0 unspecified atom stereocenters. The van der Waals surface area contributed by atoms with Crippen LogP contribution in [0.5, 0.6) is 0 Å². The Bertz CT molecular complexity index is 952. The summed E-state index contributed by atoms with van der Waals surface area (Å²) in [5.41, 5.74) is 1.42. The number of nitrogens with zero attached hydrogens (tertiary/aromatic N) is 3. The lowest BCUT2D eigenvalue weighted by Crippen LogP contribution is -2.35. The van der Waals surface area contributed by atoms with Gasteiger partial charge in [0.2, 0.25) is 15.9 Å². The van der Waals surface area contributed by atoms with E-state index < -0.39 is 10.0 Å². The highest BCUT2D eigenvalue weighted by Gasteiger charge is 2.35. The van der Waals surface area contributed by atoms with Gasteiger partial charge in [0.1, 0.15) is 11.5 Å². The number of hydrogen-bond acceptors (Lipinski definition) is 5. The molecule has 1 aromatic heterocycles. The molecule has 2 aliphatic heterocycles. The van der Waals surface area contributed by atoms with Gasteiger partial charge in [0, 0.05) is 31.3 Å². The van der Waals surface area contributed by atoms with E-state index in [1.54, 1.807) is 33.5 Å². The molecule has 28 heavy (non-hydrogen) atoms. The Morgan fingerprint density at radius 2 is 1.86 bits per heavy atom.